The number of nitrogens with one attached hydrogen (secondary N) is 1. The summed E-state index contributed by atoms with van der Waals surface area (Å²) in [6, 6.07) is 8.10. The molecule has 104 valence electrons. The normalized spacial score (nSPS) is 14.1. The minimum atomic E-state index is -0.291. The van der Waals surface area contributed by atoms with Crippen LogP contribution in [0.4, 0.5) is 10.2 Å². The third kappa shape index (κ3) is 2.85. The number of nitrogens with two attached hydrogens (primary N) is 1. The number of anilines is 1. The van der Waals surface area contributed by atoms with Gasteiger partial charge < -0.3 is 10.2 Å². The highest BCUT2D eigenvalue weighted by Gasteiger charge is 2.27. The molecular weight excluding hydrogens is 259 g/mol. The van der Waals surface area contributed by atoms with Crippen LogP contribution in [0.2, 0.25) is 0 Å². The van der Waals surface area contributed by atoms with E-state index in [9.17, 15) is 4.39 Å². The van der Waals surface area contributed by atoms with Crippen LogP contribution in [0.1, 0.15) is 30.1 Å². The van der Waals surface area contributed by atoms with E-state index in [1.54, 1.807) is 24.3 Å². The second-order valence-corrected chi connectivity index (χ2v) is 4.75. The summed E-state index contributed by atoms with van der Waals surface area (Å²) in [7, 11) is 0. The first-order valence-electron chi connectivity index (χ1n) is 6.48. The van der Waals surface area contributed by atoms with E-state index in [1.165, 1.54) is 6.07 Å². The highest BCUT2D eigenvalue weighted by Crippen LogP contribution is 2.39. The molecule has 1 saturated carbocycles. The summed E-state index contributed by atoms with van der Waals surface area (Å²) in [5.74, 6) is 7.11. The fourth-order valence-electron chi connectivity index (χ4n) is 1.88. The van der Waals surface area contributed by atoms with Gasteiger partial charge in [0.1, 0.15) is 24.1 Å². The number of nitrogens with zero attached hydrogens (tertiary/aromatic N) is 2. The Kier molecular flexibility index (Phi) is 3.47. The molecule has 1 fully saturated rings. The maximum absolute atomic E-state index is 13.5. The number of halogens is 1. The highest BCUT2D eigenvalue weighted by molar-refractivity contribution is 5.38. The van der Waals surface area contributed by atoms with Crippen LogP contribution in [0.25, 0.3) is 0 Å². The highest BCUT2D eigenvalue weighted by atomic mass is 19.1. The van der Waals surface area contributed by atoms with Crippen molar-refractivity contribution in [3.05, 3.63) is 47.5 Å². The first-order chi connectivity index (χ1) is 9.76. The van der Waals surface area contributed by atoms with Gasteiger partial charge in [-0.1, -0.05) is 18.2 Å². The Bertz CT molecular complexity index is 616. The fraction of sp³-hybridized carbons (Fsp3) is 0.286. The summed E-state index contributed by atoms with van der Waals surface area (Å²) in [6.45, 7) is 0.123. The van der Waals surface area contributed by atoms with Gasteiger partial charge in [-0.25, -0.2) is 15.2 Å². The first-order valence-corrected chi connectivity index (χ1v) is 6.48. The topological polar surface area (TPSA) is 73.1 Å². The number of benzene rings is 1. The Hall–Kier alpha value is -2.21. The average Bonchev–Trinajstić information content (AvgIpc) is 3.31. The molecule has 6 heteroatoms. The Labute approximate surface area is 116 Å². The van der Waals surface area contributed by atoms with E-state index in [1.807, 2.05) is 0 Å². The lowest BCUT2D eigenvalue weighted by molar-refractivity contribution is 0.286. The first kappa shape index (κ1) is 12.8. The third-order valence-electron chi connectivity index (χ3n) is 3.14. The number of hydrazine groups is 1. The predicted molar refractivity (Wildman–Crippen MR) is 72.5 cm³/mol. The molecule has 0 saturated heterocycles. The maximum atomic E-state index is 13.5. The lowest BCUT2D eigenvalue weighted by atomic mass is 10.2. The molecule has 1 aromatic carbocycles. The molecule has 0 aliphatic heterocycles. The molecule has 0 spiro atoms. The lowest BCUT2D eigenvalue weighted by Crippen LogP contribution is -2.11. The summed E-state index contributed by atoms with van der Waals surface area (Å²) in [6.07, 6.45) is 2.17. The zero-order chi connectivity index (χ0) is 13.9. The molecule has 0 amide bonds. The second kappa shape index (κ2) is 5.42. The van der Waals surface area contributed by atoms with Gasteiger partial charge in [0.25, 0.3) is 0 Å². The van der Waals surface area contributed by atoms with Crippen LogP contribution in [-0.2, 0) is 6.61 Å². The van der Waals surface area contributed by atoms with E-state index in [-0.39, 0.29) is 12.4 Å². The number of aromatic nitrogens is 2. The van der Waals surface area contributed by atoms with Crippen molar-refractivity contribution < 1.29 is 9.13 Å². The number of rotatable bonds is 5. The van der Waals surface area contributed by atoms with E-state index in [0.29, 0.717) is 23.2 Å². The number of nitrogen functional groups attached to an aromatic ring is 1. The van der Waals surface area contributed by atoms with E-state index in [2.05, 4.69) is 15.4 Å². The van der Waals surface area contributed by atoms with Crippen molar-refractivity contribution in [1.82, 2.24) is 9.97 Å². The number of hydrogen-bond acceptors (Lipinski definition) is 5. The van der Waals surface area contributed by atoms with Crippen LogP contribution >= 0.6 is 0 Å². The van der Waals surface area contributed by atoms with Crippen molar-refractivity contribution in [2.24, 2.45) is 5.84 Å². The van der Waals surface area contributed by atoms with Crippen LogP contribution in [0.5, 0.6) is 5.88 Å². The van der Waals surface area contributed by atoms with E-state index < -0.39 is 0 Å². The van der Waals surface area contributed by atoms with Crippen molar-refractivity contribution in [3.63, 3.8) is 0 Å². The lowest BCUT2D eigenvalue weighted by Gasteiger charge is -2.09. The molecule has 2 aromatic rings. The second-order valence-electron chi connectivity index (χ2n) is 4.75. The Morgan fingerprint density at radius 2 is 2.10 bits per heavy atom. The van der Waals surface area contributed by atoms with Gasteiger partial charge in [0.05, 0.1) is 0 Å². The van der Waals surface area contributed by atoms with Gasteiger partial charge in [0.2, 0.25) is 5.88 Å². The molecule has 1 aliphatic rings. The van der Waals surface area contributed by atoms with Crippen LogP contribution in [0.15, 0.2) is 30.3 Å². The van der Waals surface area contributed by atoms with Crippen LogP contribution < -0.4 is 16.0 Å². The number of hydrogen-bond donors (Lipinski definition) is 2. The van der Waals surface area contributed by atoms with Crippen LogP contribution in [-0.4, -0.2) is 9.97 Å². The summed E-state index contributed by atoms with van der Waals surface area (Å²) in [5.41, 5.74) is 2.98. The minimum absolute atomic E-state index is 0.123. The molecule has 1 heterocycles. The van der Waals surface area contributed by atoms with Gasteiger partial charge in [0.15, 0.2) is 0 Å². The molecule has 1 aliphatic carbocycles. The summed E-state index contributed by atoms with van der Waals surface area (Å²) >= 11 is 0. The van der Waals surface area contributed by atoms with Crippen molar-refractivity contribution in [1.29, 1.82) is 0 Å². The molecule has 3 rings (SSSR count). The Morgan fingerprint density at radius 3 is 2.80 bits per heavy atom. The van der Waals surface area contributed by atoms with Gasteiger partial charge in [-0.3, -0.25) is 0 Å². The molecule has 5 nitrogen and oxygen atoms in total. The van der Waals surface area contributed by atoms with Gasteiger partial charge in [-0.2, -0.15) is 4.98 Å². The largest absolute Gasteiger partial charge is 0.473 e. The molecule has 20 heavy (non-hydrogen) atoms. The van der Waals surface area contributed by atoms with Gasteiger partial charge in [0, 0.05) is 17.5 Å². The summed E-state index contributed by atoms with van der Waals surface area (Å²) < 4.78 is 19.1. The van der Waals surface area contributed by atoms with E-state index >= 15 is 0 Å². The van der Waals surface area contributed by atoms with E-state index in [4.69, 9.17) is 10.6 Å². The van der Waals surface area contributed by atoms with Crippen molar-refractivity contribution in [2.45, 2.75) is 25.4 Å². The quantitative estimate of drug-likeness (QED) is 0.647. The van der Waals surface area contributed by atoms with Gasteiger partial charge in [-0.05, 0) is 18.9 Å². The predicted octanol–water partition coefficient (Wildman–Crippen LogP) is 2.36. The zero-order valence-corrected chi connectivity index (χ0v) is 10.8. The third-order valence-corrected chi connectivity index (χ3v) is 3.14. The monoisotopic (exact) mass is 274 g/mol. The molecule has 1 aromatic heterocycles. The standard InChI is InChI=1S/C14H15FN4O/c15-11-4-2-1-3-10(11)8-20-13-7-12(19-16)17-14(18-13)9-5-6-9/h1-4,7,9H,5-6,8,16H2,(H,17,18,19). The van der Waals surface area contributed by atoms with Crippen molar-refractivity contribution in [3.8, 4) is 5.88 Å². The van der Waals surface area contributed by atoms with Crippen LogP contribution in [0.3, 0.4) is 0 Å². The van der Waals surface area contributed by atoms with Crippen molar-refractivity contribution >= 4 is 5.82 Å². The number of ether oxygens (including phenoxy) is 1. The zero-order valence-electron chi connectivity index (χ0n) is 10.8. The fourth-order valence-corrected chi connectivity index (χ4v) is 1.88. The SMILES string of the molecule is NNc1cc(OCc2ccccc2F)nc(C2CC2)n1. The Morgan fingerprint density at radius 1 is 1.30 bits per heavy atom. The van der Waals surface area contributed by atoms with Gasteiger partial charge >= 0.3 is 0 Å². The van der Waals surface area contributed by atoms with E-state index in [0.717, 1.165) is 18.7 Å². The molecule has 0 unspecified atom stereocenters. The van der Waals surface area contributed by atoms with Gasteiger partial charge in [-0.15, -0.1) is 0 Å². The minimum Gasteiger partial charge on any atom is -0.473 e. The molecule has 0 atom stereocenters. The molecule has 3 N–H and O–H groups in total. The smallest absolute Gasteiger partial charge is 0.219 e. The average molecular weight is 274 g/mol. The Balaban J connectivity index is 1.76. The molecule has 0 bridgehead atoms. The van der Waals surface area contributed by atoms with Crippen molar-refractivity contribution in [2.75, 3.05) is 5.43 Å². The maximum Gasteiger partial charge on any atom is 0.219 e. The summed E-state index contributed by atoms with van der Waals surface area (Å²) in [4.78, 5) is 8.62. The molecule has 0 radical (unpaired) electrons. The molecular formula is C14H15FN4O. The van der Waals surface area contributed by atoms with Crippen LogP contribution in [0, 0.1) is 5.82 Å². The summed E-state index contributed by atoms with van der Waals surface area (Å²) in [5, 5.41) is 0.